The summed E-state index contributed by atoms with van der Waals surface area (Å²) in [5.41, 5.74) is -0.0403. The van der Waals surface area contributed by atoms with E-state index in [1.165, 1.54) is 16.2 Å². The molecule has 1 aliphatic rings. The molecule has 0 amide bonds. The normalized spacial score (nSPS) is 15.6. The molecular formula is C16H19N5OS. The molecular weight excluding hydrogens is 310 g/mol. The van der Waals surface area contributed by atoms with Gasteiger partial charge in [0.2, 0.25) is 0 Å². The fourth-order valence-electron chi connectivity index (χ4n) is 2.77. The van der Waals surface area contributed by atoms with Gasteiger partial charge in [0.15, 0.2) is 5.82 Å². The molecule has 2 aromatic rings. The minimum Gasteiger partial charge on any atom is -0.352 e. The third kappa shape index (κ3) is 3.60. The molecule has 2 aromatic heterocycles. The molecule has 0 radical (unpaired) electrons. The number of aryl methyl sites for hydroxylation is 1. The van der Waals surface area contributed by atoms with E-state index in [9.17, 15) is 4.79 Å². The van der Waals surface area contributed by atoms with Crippen molar-refractivity contribution in [2.75, 3.05) is 18.0 Å². The fourth-order valence-corrected chi connectivity index (χ4v) is 3.53. The van der Waals surface area contributed by atoms with E-state index in [0.29, 0.717) is 11.9 Å². The van der Waals surface area contributed by atoms with Crippen LogP contribution in [0, 0.1) is 11.3 Å². The average Bonchev–Trinajstić information content (AvgIpc) is 3.04. The summed E-state index contributed by atoms with van der Waals surface area (Å²) in [6.45, 7) is 2.46. The monoisotopic (exact) mass is 329 g/mol. The number of thiophene rings is 1. The predicted molar refractivity (Wildman–Crippen MR) is 90.6 cm³/mol. The lowest BCUT2D eigenvalue weighted by Crippen LogP contribution is -2.44. The predicted octanol–water partition coefficient (Wildman–Crippen LogP) is 1.47. The van der Waals surface area contributed by atoms with Crippen LogP contribution < -0.4 is 15.8 Å². The molecule has 0 spiro atoms. The summed E-state index contributed by atoms with van der Waals surface area (Å²) in [6.07, 6.45) is 5.31. The van der Waals surface area contributed by atoms with Gasteiger partial charge in [-0.05, 0) is 25.0 Å². The number of rotatable bonds is 4. The Morgan fingerprint density at radius 2 is 2.22 bits per heavy atom. The Morgan fingerprint density at radius 1 is 1.43 bits per heavy atom. The van der Waals surface area contributed by atoms with Crippen molar-refractivity contribution in [2.45, 2.75) is 25.4 Å². The van der Waals surface area contributed by atoms with Crippen LogP contribution in [0.25, 0.3) is 0 Å². The highest BCUT2D eigenvalue weighted by atomic mass is 32.1. The molecule has 1 fully saturated rings. The number of nitriles is 1. The van der Waals surface area contributed by atoms with Gasteiger partial charge in [-0.2, -0.15) is 5.26 Å². The van der Waals surface area contributed by atoms with Gasteiger partial charge in [-0.15, -0.1) is 11.3 Å². The highest BCUT2D eigenvalue weighted by Crippen LogP contribution is 2.18. The van der Waals surface area contributed by atoms with Crippen LogP contribution in [0.4, 0.5) is 5.82 Å². The van der Waals surface area contributed by atoms with E-state index >= 15 is 0 Å². The van der Waals surface area contributed by atoms with Crippen LogP contribution in [0.5, 0.6) is 0 Å². The van der Waals surface area contributed by atoms with Crippen molar-refractivity contribution >= 4 is 17.2 Å². The Kier molecular flexibility index (Phi) is 4.74. The van der Waals surface area contributed by atoms with Crippen molar-refractivity contribution in [3.63, 3.8) is 0 Å². The number of piperidine rings is 1. The lowest BCUT2D eigenvalue weighted by atomic mass is 10.1. The third-order valence-corrected chi connectivity index (χ3v) is 5.12. The Balaban J connectivity index is 1.53. The second kappa shape index (κ2) is 6.94. The molecule has 120 valence electrons. The molecule has 0 aromatic carbocycles. The lowest BCUT2D eigenvalue weighted by molar-refractivity contribution is 0.413. The van der Waals surface area contributed by atoms with Crippen molar-refractivity contribution < 1.29 is 0 Å². The van der Waals surface area contributed by atoms with E-state index in [4.69, 9.17) is 5.26 Å². The molecule has 1 N–H and O–H groups in total. The Hall–Kier alpha value is -2.17. The van der Waals surface area contributed by atoms with E-state index in [1.54, 1.807) is 24.0 Å². The van der Waals surface area contributed by atoms with E-state index in [1.807, 2.05) is 12.1 Å². The van der Waals surface area contributed by atoms with E-state index in [0.717, 1.165) is 37.4 Å². The zero-order chi connectivity index (χ0) is 16.2. The fraction of sp³-hybridized carbons (Fsp3) is 0.438. The summed E-state index contributed by atoms with van der Waals surface area (Å²) in [4.78, 5) is 20.4. The zero-order valence-electron chi connectivity index (χ0n) is 13.0. The van der Waals surface area contributed by atoms with Gasteiger partial charge in [0.05, 0.1) is 0 Å². The van der Waals surface area contributed by atoms with Crippen LogP contribution in [-0.4, -0.2) is 28.7 Å². The number of hydrogen-bond acceptors (Lipinski definition) is 6. The van der Waals surface area contributed by atoms with Gasteiger partial charge in [0.1, 0.15) is 10.9 Å². The number of nitrogens with one attached hydrogen (secondary N) is 1. The molecule has 0 unspecified atom stereocenters. The number of aromatic nitrogens is 2. The van der Waals surface area contributed by atoms with Gasteiger partial charge in [-0.3, -0.25) is 4.79 Å². The molecule has 7 heteroatoms. The minimum atomic E-state index is -0.0403. The van der Waals surface area contributed by atoms with Gasteiger partial charge in [-0.25, -0.2) is 4.98 Å². The second-order valence-electron chi connectivity index (χ2n) is 5.69. The summed E-state index contributed by atoms with van der Waals surface area (Å²) in [5.74, 6) is 0.547. The lowest BCUT2D eigenvalue weighted by Gasteiger charge is -2.32. The van der Waals surface area contributed by atoms with Crippen molar-refractivity contribution in [3.05, 3.63) is 44.6 Å². The summed E-state index contributed by atoms with van der Waals surface area (Å²) in [5, 5.41) is 12.4. The quantitative estimate of drug-likeness (QED) is 0.919. The molecule has 0 bridgehead atoms. The SMILES string of the molecule is Cn1ccnc(N2CCC(NCc3ccc(C#N)s3)CC2)c1=O. The molecule has 23 heavy (non-hydrogen) atoms. The van der Waals surface area contributed by atoms with Crippen LogP contribution in [-0.2, 0) is 13.6 Å². The second-order valence-corrected chi connectivity index (χ2v) is 6.86. The first-order valence-corrected chi connectivity index (χ1v) is 8.48. The smallest absolute Gasteiger partial charge is 0.293 e. The molecule has 0 atom stereocenters. The Labute approximate surface area is 139 Å². The molecule has 1 saturated heterocycles. The molecule has 0 saturated carbocycles. The van der Waals surface area contributed by atoms with Crippen LogP contribution >= 0.6 is 11.3 Å². The van der Waals surface area contributed by atoms with Crippen LogP contribution in [0.1, 0.15) is 22.6 Å². The van der Waals surface area contributed by atoms with Gasteiger partial charge in [0.25, 0.3) is 5.56 Å². The molecule has 1 aliphatic heterocycles. The van der Waals surface area contributed by atoms with Crippen molar-refractivity contribution in [1.82, 2.24) is 14.9 Å². The largest absolute Gasteiger partial charge is 0.352 e. The maximum Gasteiger partial charge on any atom is 0.293 e. The van der Waals surface area contributed by atoms with Crippen LogP contribution in [0.15, 0.2) is 29.3 Å². The first-order valence-electron chi connectivity index (χ1n) is 7.66. The average molecular weight is 329 g/mol. The third-order valence-electron chi connectivity index (χ3n) is 4.13. The number of anilines is 1. The first kappa shape index (κ1) is 15.7. The van der Waals surface area contributed by atoms with Crippen LogP contribution in [0.3, 0.4) is 0 Å². The standard InChI is InChI=1S/C16H19N5OS/c1-20-9-6-18-15(16(20)22)21-7-4-12(5-8-21)19-11-14-3-2-13(10-17)23-14/h2-3,6,9,12,19H,4-5,7-8,11H2,1H3. The van der Waals surface area contributed by atoms with E-state index in [2.05, 4.69) is 21.3 Å². The Bertz CT molecular complexity index is 767. The first-order chi connectivity index (χ1) is 11.2. The maximum absolute atomic E-state index is 12.1. The van der Waals surface area contributed by atoms with Crippen molar-refractivity contribution in [3.8, 4) is 6.07 Å². The van der Waals surface area contributed by atoms with Gasteiger partial charge in [-0.1, -0.05) is 0 Å². The molecule has 3 heterocycles. The highest BCUT2D eigenvalue weighted by Gasteiger charge is 2.21. The van der Waals surface area contributed by atoms with Crippen molar-refractivity contribution in [2.24, 2.45) is 7.05 Å². The number of hydrogen-bond donors (Lipinski definition) is 1. The maximum atomic E-state index is 12.1. The highest BCUT2D eigenvalue weighted by molar-refractivity contribution is 7.12. The molecule has 3 rings (SSSR count). The van der Waals surface area contributed by atoms with Gasteiger partial charge in [0, 0.05) is 50.0 Å². The van der Waals surface area contributed by atoms with Gasteiger partial charge >= 0.3 is 0 Å². The summed E-state index contributed by atoms with van der Waals surface area (Å²) in [7, 11) is 1.75. The van der Waals surface area contributed by atoms with Crippen LogP contribution in [0.2, 0.25) is 0 Å². The Morgan fingerprint density at radius 3 is 2.91 bits per heavy atom. The van der Waals surface area contributed by atoms with Gasteiger partial charge < -0.3 is 14.8 Å². The topological polar surface area (TPSA) is 74.0 Å². The summed E-state index contributed by atoms with van der Waals surface area (Å²) >= 11 is 1.53. The minimum absolute atomic E-state index is 0.0403. The van der Waals surface area contributed by atoms with E-state index in [-0.39, 0.29) is 5.56 Å². The van der Waals surface area contributed by atoms with Crippen molar-refractivity contribution in [1.29, 1.82) is 5.26 Å². The van der Waals surface area contributed by atoms with E-state index < -0.39 is 0 Å². The molecule has 0 aliphatic carbocycles. The molecule has 6 nitrogen and oxygen atoms in total. The zero-order valence-corrected chi connectivity index (χ0v) is 13.8. The number of nitrogens with zero attached hydrogens (tertiary/aromatic N) is 4. The summed E-state index contributed by atoms with van der Waals surface area (Å²) < 4.78 is 1.57. The summed E-state index contributed by atoms with van der Waals surface area (Å²) in [6, 6.07) is 6.47.